The average molecular weight is 801 g/mol. The third-order valence-electron chi connectivity index (χ3n) is 7.26. The number of ether oxygens (including phenoxy) is 5. The summed E-state index contributed by atoms with van der Waals surface area (Å²) in [4.78, 5) is 38.5. The molecule has 2 aromatic heterocycles. The Bertz CT molecular complexity index is 1670. The predicted molar refractivity (Wildman–Crippen MR) is 185 cm³/mol. The first-order chi connectivity index (χ1) is 24.3. The SMILES string of the molecule is C=CCOCCOCCOCCOCCN(Cc1ccccc1Cl)c1nc(Cl)nc2c1cnn2[C@@H]1O[C@H](COP(=O)(O)CP(=O)(O)O)[C@@H](O)[C@H]1O. The van der Waals surface area contributed by atoms with Crippen LogP contribution in [-0.2, 0) is 43.9 Å². The summed E-state index contributed by atoms with van der Waals surface area (Å²) >= 11 is 12.9. The van der Waals surface area contributed by atoms with Gasteiger partial charge < -0.3 is 58.0 Å². The van der Waals surface area contributed by atoms with Crippen molar-refractivity contribution >= 4 is 55.2 Å². The standard InChI is InChI=1S/C29H41Cl2N5O13P2/c1-2-8-44-10-12-46-14-15-47-13-11-45-9-7-35(17-20-5-3-4-6-22(20)30)26-21-16-32-36(27(21)34-29(31)33-26)28-25(38)24(37)23(49-28)18-48-51(42,43)19-50(39,40)41/h2-6,16,23-25,28,37-38H,1,7-15,17-19H2,(H,42,43)(H2,39,40,41)/t23-,24-,25-,28-/m1/s1. The van der Waals surface area contributed by atoms with Crippen LogP contribution in [0.2, 0.25) is 10.3 Å². The molecule has 5 N–H and O–H groups in total. The normalized spacial score (nSPS) is 20.5. The zero-order chi connectivity index (χ0) is 37.0. The number of anilines is 1. The number of benzene rings is 1. The highest BCUT2D eigenvalue weighted by molar-refractivity contribution is 7.70. The van der Waals surface area contributed by atoms with Crippen LogP contribution < -0.4 is 4.90 Å². The van der Waals surface area contributed by atoms with Gasteiger partial charge in [0.15, 0.2) is 17.8 Å². The number of hydrogen-bond donors (Lipinski definition) is 5. The third-order valence-corrected chi connectivity index (χ3v) is 11.3. The molecule has 5 atom stereocenters. The van der Waals surface area contributed by atoms with Crippen molar-refractivity contribution in [3.8, 4) is 0 Å². The number of nitrogens with zero attached hydrogens (tertiary/aromatic N) is 5. The van der Waals surface area contributed by atoms with Crippen LogP contribution >= 0.6 is 38.4 Å². The molecular formula is C29H41Cl2N5O13P2. The Morgan fingerprint density at radius 1 is 0.941 bits per heavy atom. The second kappa shape index (κ2) is 19.8. The second-order valence-electron chi connectivity index (χ2n) is 11.1. The number of aliphatic hydroxyl groups is 2. The minimum atomic E-state index is -4.89. The monoisotopic (exact) mass is 799 g/mol. The fourth-order valence-electron chi connectivity index (χ4n) is 4.94. The summed E-state index contributed by atoms with van der Waals surface area (Å²) in [5.41, 5.74) is 0.915. The van der Waals surface area contributed by atoms with E-state index < -0.39 is 52.2 Å². The van der Waals surface area contributed by atoms with E-state index in [1.54, 1.807) is 12.1 Å². The van der Waals surface area contributed by atoms with E-state index in [1.807, 2.05) is 23.1 Å². The van der Waals surface area contributed by atoms with E-state index in [0.29, 0.717) is 69.0 Å². The van der Waals surface area contributed by atoms with Crippen LogP contribution in [0.1, 0.15) is 11.8 Å². The Morgan fingerprint density at radius 2 is 1.59 bits per heavy atom. The highest BCUT2D eigenvalue weighted by Gasteiger charge is 2.46. The van der Waals surface area contributed by atoms with Gasteiger partial charge in [-0.25, -0.2) is 4.68 Å². The Balaban J connectivity index is 1.43. The minimum Gasteiger partial charge on any atom is -0.387 e. The van der Waals surface area contributed by atoms with Crippen molar-refractivity contribution in [3.05, 3.63) is 59.0 Å². The summed E-state index contributed by atoms with van der Waals surface area (Å²) in [6, 6.07) is 7.27. The van der Waals surface area contributed by atoms with Crippen LogP contribution in [0.15, 0.2) is 43.1 Å². The van der Waals surface area contributed by atoms with Gasteiger partial charge in [-0.15, -0.1) is 6.58 Å². The maximum absolute atomic E-state index is 12.1. The molecule has 1 aliphatic rings. The molecule has 22 heteroatoms. The Morgan fingerprint density at radius 3 is 2.24 bits per heavy atom. The number of aliphatic hydroxyl groups excluding tert-OH is 2. The molecule has 3 aromatic rings. The van der Waals surface area contributed by atoms with Gasteiger partial charge in [0, 0.05) is 18.1 Å². The van der Waals surface area contributed by atoms with Crippen molar-refractivity contribution in [2.45, 2.75) is 31.1 Å². The summed E-state index contributed by atoms with van der Waals surface area (Å²) < 4.78 is 57.1. The van der Waals surface area contributed by atoms with Gasteiger partial charge in [-0.3, -0.25) is 9.13 Å². The van der Waals surface area contributed by atoms with Crippen molar-refractivity contribution in [1.29, 1.82) is 0 Å². The van der Waals surface area contributed by atoms with Gasteiger partial charge in [0.1, 0.15) is 24.1 Å². The number of aromatic nitrogens is 4. The molecule has 1 aliphatic heterocycles. The molecule has 18 nitrogen and oxygen atoms in total. The van der Waals surface area contributed by atoms with Gasteiger partial charge in [0.25, 0.3) is 0 Å². The lowest BCUT2D eigenvalue weighted by Gasteiger charge is -2.25. The lowest BCUT2D eigenvalue weighted by atomic mass is 10.1. The molecule has 1 unspecified atom stereocenters. The van der Waals surface area contributed by atoms with Crippen LogP contribution in [-0.4, -0.2) is 135 Å². The molecule has 284 valence electrons. The minimum absolute atomic E-state index is 0.130. The first kappa shape index (κ1) is 41.7. The van der Waals surface area contributed by atoms with E-state index in [2.05, 4.69) is 21.6 Å². The lowest BCUT2D eigenvalue weighted by Crippen LogP contribution is -2.33. The van der Waals surface area contributed by atoms with Gasteiger partial charge in [-0.05, 0) is 23.2 Å². The largest absolute Gasteiger partial charge is 0.387 e. The zero-order valence-electron chi connectivity index (χ0n) is 27.4. The van der Waals surface area contributed by atoms with Gasteiger partial charge in [0.2, 0.25) is 5.28 Å². The van der Waals surface area contributed by atoms with Crippen LogP contribution in [0.3, 0.4) is 0 Å². The smallest absolute Gasteiger partial charge is 0.340 e. The molecule has 1 saturated heterocycles. The molecule has 4 rings (SSSR count). The topological polar surface area (TPSA) is 238 Å². The molecule has 51 heavy (non-hydrogen) atoms. The summed E-state index contributed by atoms with van der Waals surface area (Å²) in [6.45, 7) is 6.57. The van der Waals surface area contributed by atoms with Crippen LogP contribution in [0.5, 0.6) is 0 Å². The number of rotatable bonds is 23. The fraction of sp³-hybridized carbons (Fsp3) is 0.552. The number of hydrogen-bond acceptors (Lipinski definition) is 14. The average Bonchev–Trinajstić information content (AvgIpc) is 3.60. The quantitative estimate of drug-likeness (QED) is 0.0400. The van der Waals surface area contributed by atoms with Gasteiger partial charge in [-0.1, -0.05) is 35.9 Å². The molecule has 0 amide bonds. The third kappa shape index (κ3) is 12.8. The van der Waals surface area contributed by atoms with Crippen molar-refractivity contribution < 1.29 is 62.2 Å². The van der Waals surface area contributed by atoms with E-state index in [0.717, 1.165) is 5.56 Å². The molecule has 3 heterocycles. The van der Waals surface area contributed by atoms with Gasteiger partial charge in [0.05, 0.1) is 71.0 Å². The summed E-state index contributed by atoms with van der Waals surface area (Å²) in [5.74, 6) is -1.07. The number of halogens is 2. The van der Waals surface area contributed by atoms with E-state index in [9.17, 15) is 24.2 Å². The van der Waals surface area contributed by atoms with E-state index >= 15 is 0 Å². The Labute approximate surface area is 303 Å². The second-order valence-corrected chi connectivity index (χ2v) is 15.9. The molecule has 1 aromatic carbocycles. The van der Waals surface area contributed by atoms with Crippen molar-refractivity contribution in [2.24, 2.45) is 0 Å². The van der Waals surface area contributed by atoms with Gasteiger partial charge >= 0.3 is 15.2 Å². The molecule has 0 saturated carbocycles. The lowest BCUT2D eigenvalue weighted by molar-refractivity contribution is -0.0541. The molecule has 0 spiro atoms. The first-order valence-electron chi connectivity index (χ1n) is 15.6. The summed E-state index contributed by atoms with van der Waals surface area (Å²) in [7, 11) is -9.64. The number of fused-ring (bicyclic) bond motifs is 1. The van der Waals surface area contributed by atoms with Crippen molar-refractivity contribution in [2.75, 3.05) is 76.8 Å². The summed E-state index contributed by atoms with van der Waals surface area (Å²) in [5, 5.41) is 26.6. The zero-order valence-corrected chi connectivity index (χ0v) is 30.7. The molecule has 0 bridgehead atoms. The summed E-state index contributed by atoms with van der Waals surface area (Å²) in [6.07, 6.45) is -2.88. The maximum atomic E-state index is 12.1. The van der Waals surface area contributed by atoms with Crippen LogP contribution in [0.4, 0.5) is 5.82 Å². The fourth-order valence-corrected chi connectivity index (χ4v) is 7.86. The molecule has 1 fully saturated rings. The van der Waals surface area contributed by atoms with E-state index in [-0.39, 0.29) is 24.1 Å². The Hall–Kier alpha value is -2.09. The highest BCUT2D eigenvalue weighted by atomic mass is 35.5. The van der Waals surface area contributed by atoms with E-state index in [4.69, 9.17) is 61.2 Å². The van der Waals surface area contributed by atoms with E-state index in [1.165, 1.54) is 10.9 Å². The van der Waals surface area contributed by atoms with Crippen molar-refractivity contribution in [1.82, 2.24) is 19.7 Å². The first-order valence-corrected chi connectivity index (χ1v) is 19.9. The Kier molecular flexibility index (Phi) is 16.2. The molecule has 0 radical (unpaired) electrons. The molecule has 0 aliphatic carbocycles. The van der Waals surface area contributed by atoms with Gasteiger partial charge in [-0.2, -0.15) is 15.1 Å². The predicted octanol–water partition coefficient (Wildman–Crippen LogP) is 2.35. The van der Waals surface area contributed by atoms with Crippen LogP contribution in [0.25, 0.3) is 11.0 Å². The van der Waals surface area contributed by atoms with Crippen LogP contribution in [0, 0.1) is 0 Å². The highest BCUT2D eigenvalue weighted by Crippen LogP contribution is 2.55. The molecular weight excluding hydrogens is 759 g/mol. The van der Waals surface area contributed by atoms with Crippen molar-refractivity contribution in [3.63, 3.8) is 0 Å². The maximum Gasteiger partial charge on any atom is 0.340 e.